The average Bonchev–Trinajstić information content (AvgIpc) is 2.83. The normalized spacial score (nSPS) is 12.2. The summed E-state index contributed by atoms with van der Waals surface area (Å²) in [4.78, 5) is 16.6. The van der Waals surface area contributed by atoms with Crippen LogP contribution in [0.4, 0.5) is 9.52 Å². The van der Waals surface area contributed by atoms with Crippen LogP contribution < -0.4 is 4.90 Å². The van der Waals surface area contributed by atoms with Gasteiger partial charge in [-0.25, -0.2) is 4.79 Å². The van der Waals surface area contributed by atoms with Crippen molar-refractivity contribution in [2.75, 3.05) is 26.2 Å². The number of hydrogen-bond donors (Lipinski definition) is 0. The van der Waals surface area contributed by atoms with Gasteiger partial charge in [0.25, 0.3) is 0 Å². The molecule has 0 saturated carbocycles. The molecule has 1 heterocycles. The van der Waals surface area contributed by atoms with E-state index < -0.39 is 16.4 Å². The smallest absolute Gasteiger partial charge is 0.357 e. The van der Waals surface area contributed by atoms with Crippen molar-refractivity contribution in [3.63, 3.8) is 0 Å². The first kappa shape index (κ1) is 15.9. The molecule has 0 spiro atoms. The van der Waals surface area contributed by atoms with Crippen LogP contribution in [0.2, 0.25) is 0 Å². The second-order valence-electron chi connectivity index (χ2n) is 3.19. The van der Waals surface area contributed by atoms with E-state index in [0.717, 1.165) is 17.8 Å². The van der Waals surface area contributed by atoms with Crippen molar-refractivity contribution in [3.05, 3.63) is 17.8 Å². The van der Waals surface area contributed by atoms with Crippen LogP contribution in [0.3, 0.4) is 0 Å². The molecule has 10 heteroatoms. The van der Waals surface area contributed by atoms with Crippen LogP contribution >= 0.6 is 34.7 Å². The molecule has 0 saturated heterocycles. The quantitative estimate of drug-likeness (QED) is 0.357. The SMILES string of the molecule is COC=C(C(=O)OC)N(C)c1nc(C(F)(Cl)Cl)ns1. The van der Waals surface area contributed by atoms with Crippen molar-refractivity contribution in [3.8, 4) is 0 Å². The van der Waals surface area contributed by atoms with Crippen molar-refractivity contribution < 1.29 is 18.7 Å². The zero-order valence-corrected chi connectivity index (χ0v) is 12.5. The molecule has 0 unspecified atom stereocenters. The minimum Gasteiger partial charge on any atom is -0.502 e. The van der Waals surface area contributed by atoms with Crippen LogP contribution in [-0.4, -0.2) is 36.6 Å². The molecule has 1 aromatic heterocycles. The summed E-state index contributed by atoms with van der Waals surface area (Å²) in [6, 6.07) is 0. The number of carbonyl (C=O) groups excluding carboxylic acids is 1. The lowest BCUT2D eigenvalue weighted by atomic mass is 10.4. The molecular weight excluding hydrogens is 320 g/mol. The minimum atomic E-state index is -2.69. The van der Waals surface area contributed by atoms with Gasteiger partial charge in [-0.05, 0) is 0 Å². The molecule has 0 aliphatic rings. The molecule has 6 nitrogen and oxygen atoms in total. The number of hydrogen-bond acceptors (Lipinski definition) is 7. The summed E-state index contributed by atoms with van der Waals surface area (Å²) in [7, 11) is 4.09. The predicted molar refractivity (Wildman–Crippen MR) is 69.9 cm³/mol. The second kappa shape index (κ2) is 6.36. The van der Waals surface area contributed by atoms with Gasteiger partial charge in [-0.15, -0.1) is 0 Å². The molecule has 0 radical (unpaired) electrons. The van der Waals surface area contributed by atoms with Crippen LogP contribution in [-0.2, 0) is 18.9 Å². The monoisotopic (exact) mass is 329 g/mol. The Morgan fingerprint density at radius 3 is 2.58 bits per heavy atom. The molecule has 0 amide bonds. The summed E-state index contributed by atoms with van der Waals surface area (Å²) in [5.74, 6) is -1.05. The lowest BCUT2D eigenvalue weighted by Crippen LogP contribution is -2.24. The van der Waals surface area contributed by atoms with E-state index in [1.165, 1.54) is 26.2 Å². The Bertz CT molecular complexity index is 489. The molecule has 1 rings (SSSR count). The van der Waals surface area contributed by atoms with Gasteiger partial charge in [-0.3, -0.25) is 0 Å². The van der Waals surface area contributed by atoms with Crippen LogP contribution in [0, 0.1) is 0 Å². The molecule has 1 aromatic rings. The maximum absolute atomic E-state index is 13.2. The number of rotatable bonds is 5. The Kier molecular flexibility index (Phi) is 5.33. The van der Waals surface area contributed by atoms with E-state index in [9.17, 15) is 9.18 Å². The van der Waals surface area contributed by atoms with Crippen molar-refractivity contribution in [1.29, 1.82) is 0 Å². The Balaban J connectivity index is 3.04. The molecule has 0 bridgehead atoms. The Hall–Kier alpha value is -1.12. The van der Waals surface area contributed by atoms with Crippen molar-refractivity contribution in [2.45, 2.75) is 4.59 Å². The maximum atomic E-state index is 13.2. The van der Waals surface area contributed by atoms with Crippen LogP contribution in [0.5, 0.6) is 0 Å². The third kappa shape index (κ3) is 3.92. The van der Waals surface area contributed by atoms with Gasteiger partial charge in [-0.2, -0.15) is 13.7 Å². The molecule has 0 aliphatic carbocycles. The van der Waals surface area contributed by atoms with Gasteiger partial charge < -0.3 is 14.4 Å². The lowest BCUT2D eigenvalue weighted by molar-refractivity contribution is -0.136. The number of halogens is 3. The number of anilines is 1. The lowest BCUT2D eigenvalue weighted by Gasteiger charge is -2.16. The largest absolute Gasteiger partial charge is 0.502 e. The molecule has 0 N–H and O–H groups in total. The molecule has 19 heavy (non-hydrogen) atoms. The Morgan fingerprint density at radius 2 is 2.16 bits per heavy atom. The van der Waals surface area contributed by atoms with Crippen LogP contribution in [0.25, 0.3) is 0 Å². The fourth-order valence-electron chi connectivity index (χ4n) is 1.05. The summed E-state index contributed by atoms with van der Waals surface area (Å²) in [6.07, 6.45) is 1.16. The fraction of sp³-hybridized carbons (Fsp3) is 0.444. The van der Waals surface area contributed by atoms with Crippen molar-refractivity contribution >= 4 is 45.8 Å². The predicted octanol–water partition coefficient (Wildman–Crippen LogP) is 2.19. The van der Waals surface area contributed by atoms with Gasteiger partial charge in [0.1, 0.15) is 6.26 Å². The second-order valence-corrected chi connectivity index (χ2v) is 5.15. The van der Waals surface area contributed by atoms with Gasteiger partial charge in [0, 0.05) is 18.6 Å². The number of ether oxygens (including phenoxy) is 2. The van der Waals surface area contributed by atoms with Gasteiger partial charge >= 0.3 is 10.6 Å². The van der Waals surface area contributed by atoms with E-state index in [0.29, 0.717) is 0 Å². The third-order valence-corrected chi connectivity index (χ3v) is 3.07. The van der Waals surface area contributed by atoms with Crippen LogP contribution in [0.15, 0.2) is 12.0 Å². The topological polar surface area (TPSA) is 64.6 Å². The highest BCUT2D eigenvalue weighted by atomic mass is 35.5. The standard InChI is InChI=1S/C9H10Cl2FN3O3S/c1-15(5(4-17-2)6(16)18-3)8-13-7(14-19-8)9(10,11)12/h4H,1-3H3. The van der Waals surface area contributed by atoms with Gasteiger partial charge in [0.15, 0.2) is 5.70 Å². The van der Waals surface area contributed by atoms with Crippen molar-refractivity contribution in [2.24, 2.45) is 0 Å². The van der Waals surface area contributed by atoms with Gasteiger partial charge in [0.05, 0.1) is 14.2 Å². The third-order valence-electron chi connectivity index (χ3n) is 1.94. The summed E-state index contributed by atoms with van der Waals surface area (Å²) < 4.78 is 23.6. The van der Waals surface area contributed by atoms with E-state index in [1.54, 1.807) is 0 Å². The van der Waals surface area contributed by atoms with E-state index in [4.69, 9.17) is 27.9 Å². The first-order chi connectivity index (χ1) is 8.81. The first-order valence-corrected chi connectivity index (χ1v) is 6.30. The first-order valence-electron chi connectivity index (χ1n) is 4.77. The number of likely N-dealkylation sites (N-methyl/N-ethyl adjacent to an activating group) is 1. The number of nitrogens with zero attached hydrogens (tertiary/aromatic N) is 3. The maximum Gasteiger partial charge on any atom is 0.357 e. The Morgan fingerprint density at radius 1 is 1.53 bits per heavy atom. The number of carbonyl (C=O) groups is 1. The highest BCUT2D eigenvalue weighted by Crippen LogP contribution is 2.35. The summed E-state index contributed by atoms with van der Waals surface area (Å²) >= 11 is 11.3. The molecule has 0 aliphatic heterocycles. The van der Waals surface area contributed by atoms with E-state index in [2.05, 4.69) is 14.1 Å². The molecule has 106 valence electrons. The zero-order valence-electron chi connectivity index (χ0n) is 10.2. The summed E-state index contributed by atoms with van der Waals surface area (Å²) in [5, 5.41) is 0.201. The average molecular weight is 330 g/mol. The van der Waals surface area contributed by atoms with E-state index in [1.807, 2.05) is 0 Å². The Labute approximate surface area is 122 Å². The molecule has 0 atom stereocenters. The number of methoxy groups -OCH3 is 2. The molecule has 0 fully saturated rings. The fourth-order valence-corrected chi connectivity index (χ4v) is 2.00. The number of aromatic nitrogens is 2. The van der Waals surface area contributed by atoms with E-state index >= 15 is 0 Å². The van der Waals surface area contributed by atoms with Crippen molar-refractivity contribution in [1.82, 2.24) is 9.36 Å². The minimum absolute atomic E-state index is 0.0568. The highest BCUT2D eigenvalue weighted by molar-refractivity contribution is 7.09. The zero-order chi connectivity index (χ0) is 14.6. The highest BCUT2D eigenvalue weighted by Gasteiger charge is 2.32. The van der Waals surface area contributed by atoms with Gasteiger partial charge in [0.2, 0.25) is 11.0 Å². The summed E-state index contributed by atoms with van der Waals surface area (Å²) in [5.41, 5.74) is 0.0568. The van der Waals surface area contributed by atoms with E-state index in [-0.39, 0.29) is 10.8 Å². The van der Waals surface area contributed by atoms with Gasteiger partial charge in [-0.1, -0.05) is 23.2 Å². The molecular formula is C9H10Cl2FN3O3S. The van der Waals surface area contributed by atoms with Crippen LogP contribution in [0.1, 0.15) is 5.82 Å². The summed E-state index contributed by atoms with van der Waals surface area (Å²) in [6.45, 7) is 0. The number of esters is 1. The number of alkyl halides is 3. The molecule has 0 aromatic carbocycles.